The van der Waals surface area contributed by atoms with Gasteiger partial charge in [-0.1, -0.05) is 23.5 Å². The zero-order valence-corrected chi connectivity index (χ0v) is 11.9. The van der Waals surface area contributed by atoms with Gasteiger partial charge in [0, 0.05) is 9.79 Å². The van der Waals surface area contributed by atoms with Crippen molar-refractivity contribution < 1.29 is 20.1 Å². The predicted octanol–water partition coefficient (Wildman–Crippen LogP) is 3.39. The fourth-order valence-corrected chi connectivity index (χ4v) is 3.56. The molecule has 0 atom stereocenters. The molecular weight excluding hydrogens is 296 g/mol. The Labute approximate surface area is 124 Å². The molecule has 0 heterocycles. The summed E-state index contributed by atoms with van der Waals surface area (Å²) >= 11 is 2.39. The molecule has 0 fully saturated rings. The minimum absolute atomic E-state index is 0.146. The standard InChI is InChI=1S/C14H12O4S2/c15-9-1-5-11(6-2-9)19-14(13(17)18)20-12-7-3-10(16)4-8-12/h1-8,14-16H,(H,17,18). The van der Waals surface area contributed by atoms with E-state index in [1.807, 2.05) is 0 Å². The number of phenols is 2. The Bertz CT molecular complexity index is 534. The van der Waals surface area contributed by atoms with Crippen molar-refractivity contribution in [2.75, 3.05) is 0 Å². The third-order valence-corrected chi connectivity index (χ3v) is 4.86. The SMILES string of the molecule is O=C(O)C(Sc1ccc(O)cc1)Sc1ccc(O)cc1. The number of hydrogen-bond acceptors (Lipinski definition) is 5. The molecule has 0 saturated heterocycles. The van der Waals surface area contributed by atoms with Crippen molar-refractivity contribution in [1.29, 1.82) is 0 Å². The van der Waals surface area contributed by atoms with Gasteiger partial charge in [-0.25, -0.2) is 0 Å². The zero-order valence-electron chi connectivity index (χ0n) is 10.3. The van der Waals surface area contributed by atoms with Gasteiger partial charge in [-0.2, -0.15) is 0 Å². The lowest BCUT2D eigenvalue weighted by Gasteiger charge is -2.11. The van der Waals surface area contributed by atoms with Crippen molar-refractivity contribution in [2.45, 2.75) is 14.4 Å². The number of aliphatic carboxylic acids is 1. The molecule has 2 aromatic rings. The summed E-state index contributed by atoms with van der Waals surface area (Å²) in [7, 11) is 0. The van der Waals surface area contributed by atoms with E-state index in [0.717, 1.165) is 9.79 Å². The number of carboxylic acids is 1. The van der Waals surface area contributed by atoms with E-state index in [2.05, 4.69) is 0 Å². The molecular formula is C14H12O4S2. The molecule has 0 radical (unpaired) electrons. The fourth-order valence-electron chi connectivity index (χ4n) is 1.42. The number of thioether (sulfide) groups is 2. The van der Waals surface area contributed by atoms with Crippen LogP contribution in [0.15, 0.2) is 58.3 Å². The number of carboxylic acid groups (broad SMARTS) is 1. The highest BCUT2D eigenvalue weighted by atomic mass is 32.2. The molecule has 0 saturated carbocycles. The maximum atomic E-state index is 11.3. The summed E-state index contributed by atoms with van der Waals surface area (Å²) in [5, 5.41) is 27.7. The lowest BCUT2D eigenvalue weighted by atomic mass is 10.3. The summed E-state index contributed by atoms with van der Waals surface area (Å²) < 4.78 is -0.705. The monoisotopic (exact) mass is 308 g/mol. The van der Waals surface area contributed by atoms with Crippen LogP contribution in [0.25, 0.3) is 0 Å². The predicted molar refractivity (Wildman–Crippen MR) is 79.4 cm³/mol. The van der Waals surface area contributed by atoms with Crippen molar-refractivity contribution in [3.8, 4) is 11.5 Å². The van der Waals surface area contributed by atoms with Crippen LogP contribution in [0.5, 0.6) is 11.5 Å². The summed E-state index contributed by atoms with van der Waals surface area (Å²) in [6, 6.07) is 12.8. The highest BCUT2D eigenvalue weighted by molar-refractivity contribution is 8.18. The normalized spacial score (nSPS) is 10.7. The smallest absolute Gasteiger partial charge is 0.327 e. The first-order valence-corrected chi connectivity index (χ1v) is 7.45. The molecule has 0 aliphatic carbocycles. The van der Waals surface area contributed by atoms with Crippen LogP contribution in [-0.2, 0) is 4.79 Å². The van der Waals surface area contributed by atoms with Gasteiger partial charge >= 0.3 is 5.97 Å². The molecule has 20 heavy (non-hydrogen) atoms. The van der Waals surface area contributed by atoms with E-state index in [4.69, 9.17) is 0 Å². The van der Waals surface area contributed by atoms with E-state index in [1.165, 1.54) is 47.8 Å². The van der Waals surface area contributed by atoms with Gasteiger partial charge < -0.3 is 15.3 Å². The molecule has 4 nitrogen and oxygen atoms in total. The van der Waals surface area contributed by atoms with Gasteiger partial charge in [-0.05, 0) is 48.5 Å². The molecule has 2 rings (SSSR count). The van der Waals surface area contributed by atoms with E-state index in [0.29, 0.717) is 0 Å². The average molecular weight is 308 g/mol. The Hall–Kier alpha value is -1.79. The van der Waals surface area contributed by atoms with E-state index in [1.54, 1.807) is 24.3 Å². The van der Waals surface area contributed by atoms with Gasteiger partial charge in [0.2, 0.25) is 0 Å². The molecule has 0 aromatic heterocycles. The second-order valence-electron chi connectivity index (χ2n) is 3.89. The second kappa shape index (κ2) is 6.58. The van der Waals surface area contributed by atoms with Gasteiger partial charge in [-0.3, -0.25) is 4.79 Å². The molecule has 0 aliphatic heterocycles. The highest BCUT2D eigenvalue weighted by Gasteiger charge is 2.20. The lowest BCUT2D eigenvalue weighted by molar-refractivity contribution is -0.134. The van der Waals surface area contributed by atoms with Gasteiger partial charge in [0.1, 0.15) is 11.5 Å². The number of carbonyl (C=O) groups is 1. The van der Waals surface area contributed by atoms with E-state index in [-0.39, 0.29) is 11.5 Å². The summed E-state index contributed by atoms with van der Waals surface area (Å²) in [5.41, 5.74) is 0. The van der Waals surface area contributed by atoms with Gasteiger partial charge in [-0.15, -0.1) is 0 Å². The number of hydrogen-bond donors (Lipinski definition) is 3. The Morgan fingerprint density at radius 2 is 1.15 bits per heavy atom. The number of rotatable bonds is 5. The average Bonchev–Trinajstić information content (AvgIpc) is 2.42. The van der Waals surface area contributed by atoms with Crippen LogP contribution < -0.4 is 0 Å². The van der Waals surface area contributed by atoms with E-state index < -0.39 is 10.6 Å². The first-order chi connectivity index (χ1) is 9.54. The molecule has 0 unspecified atom stereocenters. The van der Waals surface area contributed by atoms with Crippen molar-refractivity contribution in [2.24, 2.45) is 0 Å². The number of phenolic OH excluding ortho intramolecular Hbond substituents is 2. The molecule has 0 aliphatic rings. The van der Waals surface area contributed by atoms with Crippen molar-refractivity contribution >= 4 is 29.5 Å². The van der Waals surface area contributed by atoms with Crippen molar-refractivity contribution in [3.05, 3.63) is 48.5 Å². The molecule has 3 N–H and O–H groups in total. The Morgan fingerprint density at radius 3 is 1.45 bits per heavy atom. The van der Waals surface area contributed by atoms with Crippen molar-refractivity contribution in [3.63, 3.8) is 0 Å². The molecule has 104 valence electrons. The van der Waals surface area contributed by atoms with Gasteiger partial charge in [0.05, 0.1) is 0 Å². The fraction of sp³-hybridized carbons (Fsp3) is 0.0714. The first kappa shape index (κ1) is 14.6. The van der Waals surface area contributed by atoms with Crippen molar-refractivity contribution in [1.82, 2.24) is 0 Å². The van der Waals surface area contributed by atoms with Gasteiger partial charge in [0.25, 0.3) is 0 Å². The van der Waals surface area contributed by atoms with Crippen LogP contribution >= 0.6 is 23.5 Å². The molecule has 0 spiro atoms. The van der Waals surface area contributed by atoms with Crippen LogP contribution in [0, 0.1) is 0 Å². The van der Waals surface area contributed by atoms with Crippen LogP contribution in [0.3, 0.4) is 0 Å². The molecule has 0 amide bonds. The van der Waals surface area contributed by atoms with E-state index in [9.17, 15) is 20.1 Å². The minimum atomic E-state index is -0.929. The Kier molecular flexibility index (Phi) is 4.81. The molecule has 6 heteroatoms. The molecule has 0 bridgehead atoms. The summed E-state index contributed by atoms with van der Waals surface area (Å²) in [4.78, 5) is 12.8. The van der Waals surface area contributed by atoms with Crippen LogP contribution in [0.4, 0.5) is 0 Å². The summed E-state index contributed by atoms with van der Waals surface area (Å²) in [6.45, 7) is 0. The third-order valence-electron chi connectivity index (χ3n) is 2.36. The summed E-state index contributed by atoms with van der Waals surface area (Å²) in [5.74, 6) is -0.638. The van der Waals surface area contributed by atoms with Crippen LogP contribution in [0.1, 0.15) is 0 Å². The second-order valence-corrected chi connectivity index (χ2v) is 6.55. The number of benzene rings is 2. The first-order valence-electron chi connectivity index (χ1n) is 5.69. The third kappa shape index (κ3) is 4.11. The maximum Gasteiger partial charge on any atom is 0.327 e. The van der Waals surface area contributed by atoms with Crippen LogP contribution in [0.2, 0.25) is 0 Å². The maximum absolute atomic E-state index is 11.3. The lowest BCUT2D eigenvalue weighted by Crippen LogP contribution is -2.11. The quantitative estimate of drug-likeness (QED) is 0.580. The summed E-state index contributed by atoms with van der Waals surface area (Å²) in [6.07, 6.45) is 0. The Balaban J connectivity index is 2.09. The topological polar surface area (TPSA) is 77.8 Å². The van der Waals surface area contributed by atoms with Crippen LogP contribution in [-0.4, -0.2) is 25.9 Å². The minimum Gasteiger partial charge on any atom is -0.508 e. The van der Waals surface area contributed by atoms with Gasteiger partial charge in [0.15, 0.2) is 4.58 Å². The zero-order chi connectivity index (χ0) is 14.5. The van der Waals surface area contributed by atoms with E-state index >= 15 is 0 Å². The largest absolute Gasteiger partial charge is 0.508 e. The molecule has 2 aromatic carbocycles. The number of aromatic hydroxyl groups is 2. The highest BCUT2D eigenvalue weighted by Crippen LogP contribution is 2.36. The Morgan fingerprint density at radius 1 is 0.800 bits per heavy atom.